The molecule has 0 radical (unpaired) electrons. The Labute approximate surface area is 224 Å². The van der Waals surface area contributed by atoms with Crippen LogP contribution in [0.2, 0.25) is 5.02 Å². The van der Waals surface area contributed by atoms with Crippen molar-refractivity contribution in [3.63, 3.8) is 0 Å². The molecule has 1 aliphatic rings. The number of ether oxygens (including phenoxy) is 1. The van der Waals surface area contributed by atoms with Crippen LogP contribution >= 0.6 is 11.6 Å². The normalized spacial score (nSPS) is 14.7. The topological polar surface area (TPSA) is 59.8 Å². The maximum Gasteiger partial charge on any atom is 0.295 e. The summed E-state index contributed by atoms with van der Waals surface area (Å²) in [6.07, 6.45) is 0. The molecule has 0 spiro atoms. The van der Waals surface area contributed by atoms with Gasteiger partial charge in [-0.2, -0.15) is 0 Å². The summed E-state index contributed by atoms with van der Waals surface area (Å²) in [6.45, 7) is 4.34. The first-order chi connectivity index (χ1) is 18.4. The van der Waals surface area contributed by atoms with Gasteiger partial charge in [-0.05, 0) is 78.6 Å². The van der Waals surface area contributed by atoms with Crippen molar-refractivity contribution in [2.75, 3.05) is 4.90 Å². The van der Waals surface area contributed by atoms with E-state index in [9.17, 15) is 9.59 Å². The van der Waals surface area contributed by atoms with E-state index >= 15 is 0 Å². The predicted molar refractivity (Wildman–Crippen MR) is 149 cm³/mol. The lowest BCUT2D eigenvalue weighted by atomic mass is 9.97. The van der Waals surface area contributed by atoms with E-state index in [1.165, 1.54) is 0 Å². The van der Waals surface area contributed by atoms with Gasteiger partial charge in [0, 0.05) is 10.7 Å². The standard InChI is InChI=1S/C32H24ClNO4/c1-19-15-26-27(16-20(19)2)38-31-28(30(26)35)29(34(32(31)36)24-10-6-9-23(33)17-24)22-11-13-25(14-12-22)37-18-21-7-4-3-5-8-21/h3-17,29H,18H2,1-2H3. The SMILES string of the molecule is Cc1cc2oc3c(c(=O)c2cc1C)C(c1ccc(OCc2ccccc2)cc1)N(c1cccc(Cl)c1)C3=O. The summed E-state index contributed by atoms with van der Waals surface area (Å²) in [6, 6.07) is 27.4. The van der Waals surface area contributed by atoms with Crippen LogP contribution in [-0.4, -0.2) is 5.91 Å². The number of amides is 1. The van der Waals surface area contributed by atoms with Gasteiger partial charge in [0.05, 0.1) is 17.0 Å². The van der Waals surface area contributed by atoms with Crippen LogP contribution in [0.4, 0.5) is 5.69 Å². The van der Waals surface area contributed by atoms with Crippen molar-refractivity contribution in [2.45, 2.75) is 26.5 Å². The average molecular weight is 522 g/mol. The molecule has 2 heterocycles. The molecule has 0 fully saturated rings. The fourth-order valence-corrected chi connectivity index (χ4v) is 5.11. The number of benzene rings is 4. The van der Waals surface area contributed by atoms with Gasteiger partial charge in [0.15, 0.2) is 5.43 Å². The third-order valence-corrected chi connectivity index (χ3v) is 7.25. The lowest BCUT2D eigenvalue weighted by molar-refractivity contribution is 0.0971. The fraction of sp³-hybridized carbons (Fsp3) is 0.125. The molecule has 38 heavy (non-hydrogen) atoms. The van der Waals surface area contributed by atoms with Crippen molar-refractivity contribution >= 4 is 34.2 Å². The second-order valence-corrected chi connectivity index (χ2v) is 9.94. The lowest BCUT2D eigenvalue weighted by Crippen LogP contribution is -2.29. The summed E-state index contributed by atoms with van der Waals surface area (Å²) in [5, 5.41) is 0.950. The highest BCUT2D eigenvalue weighted by molar-refractivity contribution is 6.31. The zero-order valence-electron chi connectivity index (χ0n) is 20.9. The number of anilines is 1. The quantitative estimate of drug-likeness (QED) is 0.242. The predicted octanol–water partition coefficient (Wildman–Crippen LogP) is 7.39. The number of aryl methyl sites for hydroxylation is 2. The Balaban J connectivity index is 1.46. The zero-order chi connectivity index (χ0) is 26.4. The van der Waals surface area contributed by atoms with Gasteiger partial charge < -0.3 is 9.15 Å². The average Bonchev–Trinajstić information content (AvgIpc) is 3.22. The Morgan fingerprint density at radius 2 is 1.61 bits per heavy atom. The van der Waals surface area contributed by atoms with Crippen molar-refractivity contribution in [3.8, 4) is 5.75 Å². The molecule has 0 aliphatic carbocycles. The van der Waals surface area contributed by atoms with Crippen molar-refractivity contribution in [2.24, 2.45) is 0 Å². The first-order valence-electron chi connectivity index (χ1n) is 12.3. The van der Waals surface area contributed by atoms with E-state index in [1.807, 2.05) is 80.6 Å². The Kier molecular flexibility index (Phi) is 6.01. The van der Waals surface area contributed by atoms with Crippen molar-refractivity contribution in [1.29, 1.82) is 0 Å². The number of carbonyl (C=O) groups is 1. The van der Waals surface area contributed by atoms with Gasteiger partial charge in [0.1, 0.15) is 17.9 Å². The Bertz CT molecular complexity index is 1740. The lowest BCUT2D eigenvalue weighted by Gasteiger charge is -2.25. The smallest absolute Gasteiger partial charge is 0.295 e. The van der Waals surface area contributed by atoms with E-state index in [1.54, 1.807) is 29.2 Å². The van der Waals surface area contributed by atoms with Crippen LogP contribution in [0.25, 0.3) is 11.0 Å². The van der Waals surface area contributed by atoms with Gasteiger partial charge in [-0.15, -0.1) is 0 Å². The van der Waals surface area contributed by atoms with Crippen molar-refractivity contribution in [1.82, 2.24) is 0 Å². The number of rotatable bonds is 5. The Morgan fingerprint density at radius 1 is 0.868 bits per heavy atom. The Hall–Kier alpha value is -4.35. The second-order valence-electron chi connectivity index (χ2n) is 9.51. The molecule has 1 aromatic heterocycles. The number of fused-ring (bicyclic) bond motifs is 2. The molecule has 0 bridgehead atoms. The molecular weight excluding hydrogens is 498 g/mol. The first-order valence-corrected chi connectivity index (χ1v) is 12.7. The molecule has 1 unspecified atom stereocenters. The molecule has 5 nitrogen and oxygen atoms in total. The van der Waals surface area contributed by atoms with Gasteiger partial charge in [0.2, 0.25) is 5.76 Å². The zero-order valence-corrected chi connectivity index (χ0v) is 21.7. The molecule has 5 aromatic rings. The van der Waals surface area contributed by atoms with Gasteiger partial charge in [0.25, 0.3) is 5.91 Å². The summed E-state index contributed by atoms with van der Waals surface area (Å²) in [5.74, 6) is 0.363. The first kappa shape index (κ1) is 24.0. The molecular formula is C32H24ClNO4. The number of carbonyl (C=O) groups excluding carboxylic acids is 1. The highest BCUT2D eigenvalue weighted by atomic mass is 35.5. The van der Waals surface area contributed by atoms with E-state index in [2.05, 4.69) is 0 Å². The summed E-state index contributed by atoms with van der Waals surface area (Å²) in [5.41, 5.74) is 4.90. The maximum absolute atomic E-state index is 13.9. The minimum atomic E-state index is -0.679. The highest BCUT2D eigenvalue weighted by Gasteiger charge is 2.43. The number of halogens is 1. The van der Waals surface area contributed by atoms with Crippen LogP contribution in [-0.2, 0) is 6.61 Å². The second kappa shape index (κ2) is 9.51. The molecule has 1 aliphatic heterocycles. The molecule has 1 amide bonds. The molecule has 0 saturated carbocycles. The molecule has 4 aromatic carbocycles. The summed E-state index contributed by atoms with van der Waals surface area (Å²) in [7, 11) is 0. The van der Waals surface area contributed by atoms with Crippen molar-refractivity contribution in [3.05, 3.63) is 140 Å². The molecule has 0 N–H and O–H groups in total. The van der Waals surface area contributed by atoms with Crippen molar-refractivity contribution < 1.29 is 13.9 Å². The van der Waals surface area contributed by atoms with E-state index < -0.39 is 6.04 Å². The van der Waals surface area contributed by atoms with E-state index in [-0.39, 0.29) is 17.1 Å². The van der Waals surface area contributed by atoms with Gasteiger partial charge in [-0.3, -0.25) is 14.5 Å². The molecule has 1 atom stereocenters. The van der Waals surface area contributed by atoms with Crippen LogP contribution in [0, 0.1) is 13.8 Å². The van der Waals surface area contributed by atoms with Gasteiger partial charge >= 0.3 is 0 Å². The third kappa shape index (κ3) is 4.15. The third-order valence-electron chi connectivity index (χ3n) is 7.02. The van der Waals surface area contributed by atoms with E-state index in [4.69, 9.17) is 20.8 Å². The van der Waals surface area contributed by atoms with E-state index in [0.29, 0.717) is 39.6 Å². The minimum Gasteiger partial charge on any atom is -0.489 e. The van der Waals surface area contributed by atoms with Crippen LogP contribution in [0.3, 0.4) is 0 Å². The minimum absolute atomic E-state index is 0.0557. The number of nitrogens with zero attached hydrogens (tertiary/aromatic N) is 1. The fourth-order valence-electron chi connectivity index (χ4n) is 4.92. The van der Waals surface area contributed by atoms with Crippen LogP contribution in [0.15, 0.2) is 100 Å². The maximum atomic E-state index is 13.9. The summed E-state index contributed by atoms with van der Waals surface area (Å²) >= 11 is 6.29. The van der Waals surface area contributed by atoms with Crippen LogP contribution in [0.1, 0.15) is 44.4 Å². The van der Waals surface area contributed by atoms with Gasteiger partial charge in [-0.1, -0.05) is 60.1 Å². The van der Waals surface area contributed by atoms with E-state index in [0.717, 1.165) is 22.3 Å². The van der Waals surface area contributed by atoms with Gasteiger partial charge in [-0.25, -0.2) is 0 Å². The molecule has 0 saturated heterocycles. The highest BCUT2D eigenvalue weighted by Crippen LogP contribution is 2.42. The van der Waals surface area contributed by atoms with Crippen LogP contribution < -0.4 is 15.1 Å². The largest absolute Gasteiger partial charge is 0.489 e. The van der Waals surface area contributed by atoms with Crippen LogP contribution in [0.5, 0.6) is 5.75 Å². The molecule has 6 heteroatoms. The molecule has 188 valence electrons. The summed E-state index contributed by atoms with van der Waals surface area (Å²) < 4.78 is 12.1. The summed E-state index contributed by atoms with van der Waals surface area (Å²) in [4.78, 5) is 29.3. The monoisotopic (exact) mass is 521 g/mol. The number of hydrogen-bond acceptors (Lipinski definition) is 4. The molecule has 6 rings (SSSR count). The Morgan fingerprint density at radius 3 is 2.34 bits per heavy atom. The number of hydrogen-bond donors (Lipinski definition) is 0.